The van der Waals surface area contributed by atoms with Gasteiger partial charge in [0.1, 0.15) is 0 Å². The fourth-order valence-corrected chi connectivity index (χ4v) is 0.912. The number of hydrogen-bond donors (Lipinski definition) is 0. The lowest BCUT2D eigenvalue weighted by Crippen LogP contribution is -2.08. The molecule has 2 nitrogen and oxygen atoms in total. The first-order valence-electron chi connectivity index (χ1n) is 2.66. The van der Waals surface area contributed by atoms with E-state index in [-0.39, 0.29) is 5.56 Å². The molecule has 7 heteroatoms. The Bertz CT molecular complexity index is 299. The van der Waals surface area contributed by atoms with Gasteiger partial charge in [-0.15, -0.1) is 0 Å². The third-order valence-electron chi connectivity index (χ3n) is 1.02. The predicted molar refractivity (Wildman–Crippen MR) is 41.2 cm³/mol. The van der Waals surface area contributed by atoms with E-state index in [1.54, 1.807) is 0 Å². The van der Waals surface area contributed by atoms with E-state index in [0.29, 0.717) is 0 Å². The van der Waals surface area contributed by atoms with Crippen molar-refractivity contribution in [3.05, 3.63) is 23.8 Å². The standard InChI is InChI=1S/C5HCl3F2N2/c6-5(7,8)2-1-11-4(10)12-3(2)9/h1H. The fraction of sp³-hybridized carbons (Fsp3) is 0.200. The summed E-state index contributed by atoms with van der Waals surface area (Å²) in [6.45, 7) is 0. The van der Waals surface area contributed by atoms with Crippen LogP contribution in [0.25, 0.3) is 0 Å². The molecule has 0 fully saturated rings. The van der Waals surface area contributed by atoms with E-state index in [2.05, 4.69) is 9.97 Å². The lowest BCUT2D eigenvalue weighted by atomic mass is 10.4. The molecule has 0 saturated heterocycles. The Kier molecular flexibility index (Phi) is 2.70. The van der Waals surface area contributed by atoms with Gasteiger partial charge in [-0.2, -0.15) is 13.8 Å². The van der Waals surface area contributed by atoms with E-state index < -0.39 is 15.8 Å². The van der Waals surface area contributed by atoms with Crippen molar-refractivity contribution in [1.82, 2.24) is 9.97 Å². The Labute approximate surface area is 81.5 Å². The average molecular weight is 233 g/mol. The second kappa shape index (κ2) is 3.28. The highest BCUT2D eigenvalue weighted by Crippen LogP contribution is 2.38. The van der Waals surface area contributed by atoms with Gasteiger partial charge in [-0.25, -0.2) is 4.98 Å². The van der Waals surface area contributed by atoms with Crippen LogP contribution in [0.1, 0.15) is 5.56 Å². The summed E-state index contributed by atoms with van der Waals surface area (Å²) in [5.74, 6) is -1.18. The highest BCUT2D eigenvalue weighted by Gasteiger charge is 2.28. The second-order valence-corrected chi connectivity index (χ2v) is 4.12. The van der Waals surface area contributed by atoms with Crippen LogP contribution in [0.5, 0.6) is 0 Å². The molecule has 0 amide bonds. The molecular weight excluding hydrogens is 232 g/mol. The lowest BCUT2D eigenvalue weighted by Gasteiger charge is -2.09. The zero-order chi connectivity index (χ0) is 9.35. The van der Waals surface area contributed by atoms with E-state index in [1.807, 2.05) is 0 Å². The van der Waals surface area contributed by atoms with Gasteiger partial charge in [0.25, 0.3) is 0 Å². The molecule has 66 valence electrons. The van der Waals surface area contributed by atoms with Crippen LogP contribution in [0.15, 0.2) is 6.20 Å². The van der Waals surface area contributed by atoms with Crippen LogP contribution in [0, 0.1) is 12.0 Å². The normalized spacial score (nSPS) is 11.8. The van der Waals surface area contributed by atoms with E-state index in [4.69, 9.17) is 34.8 Å². The first kappa shape index (κ1) is 9.89. The molecule has 0 aliphatic rings. The third-order valence-corrected chi connectivity index (χ3v) is 1.63. The van der Waals surface area contributed by atoms with Crippen molar-refractivity contribution in [3.63, 3.8) is 0 Å². The van der Waals surface area contributed by atoms with Gasteiger partial charge < -0.3 is 0 Å². The van der Waals surface area contributed by atoms with Crippen LogP contribution < -0.4 is 0 Å². The van der Waals surface area contributed by atoms with Gasteiger partial charge in [-0.05, 0) is 0 Å². The minimum atomic E-state index is -1.97. The number of alkyl halides is 3. The lowest BCUT2D eigenvalue weighted by molar-refractivity contribution is 0.474. The number of hydrogen-bond acceptors (Lipinski definition) is 2. The maximum absolute atomic E-state index is 12.7. The molecule has 0 aromatic carbocycles. The maximum Gasteiger partial charge on any atom is 0.311 e. The van der Waals surface area contributed by atoms with Crippen molar-refractivity contribution < 1.29 is 8.78 Å². The molecule has 0 bridgehead atoms. The van der Waals surface area contributed by atoms with Crippen LogP contribution in [0.4, 0.5) is 8.78 Å². The molecule has 1 aromatic rings. The molecule has 1 aromatic heterocycles. The molecule has 1 heterocycles. The Morgan fingerprint density at radius 2 is 1.83 bits per heavy atom. The Hall–Kier alpha value is -0.190. The molecule has 0 aliphatic heterocycles. The van der Waals surface area contributed by atoms with Crippen molar-refractivity contribution in [1.29, 1.82) is 0 Å². The molecule has 0 N–H and O–H groups in total. The van der Waals surface area contributed by atoms with E-state index >= 15 is 0 Å². The number of rotatable bonds is 0. The van der Waals surface area contributed by atoms with Crippen molar-refractivity contribution in [2.45, 2.75) is 3.79 Å². The van der Waals surface area contributed by atoms with Gasteiger partial charge in [-0.1, -0.05) is 34.8 Å². The van der Waals surface area contributed by atoms with Crippen molar-refractivity contribution in [2.75, 3.05) is 0 Å². The zero-order valence-electron chi connectivity index (χ0n) is 5.36. The molecule has 0 aliphatic carbocycles. The highest BCUT2D eigenvalue weighted by atomic mass is 35.6. The van der Waals surface area contributed by atoms with E-state index in [1.165, 1.54) is 0 Å². The molecular formula is C5HCl3F2N2. The molecule has 0 spiro atoms. The topological polar surface area (TPSA) is 25.8 Å². The second-order valence-electron chi connectivity index (χ2n) is 1.84. The predicted octanol–water partition coefficient (Wildman–Crippen LogP) is 2.58. The van der Waals surface area contributed by atoms with Crippen LogP contribution >= 0.6 is 34.8 Å². The zero-order valence-corrected chi connectivity index (χ0v) is 7.63. The minimum Gasteiger partial charge on any atom is -0.210 e. The van der Waals surface area contributed by atoms with Gasteiger partial charge in [-0.3, -0.25) is 0 Å². The Morgan fingerprint density at radius 1 is 1.25 bits per heavy atom. The maximum atomic E-state index is 12.7. The first-order chi connectivity index (χ1) is 5.41. The summed E-state index contributed by atoms with van der Waals surface area (Å²) in [6.07, 6.45) is -0.421. The van der Waals surface area contributed by atoms with Gasteiger partial charge >= 0.3 is 6.08 Å². The molecule has 0 radical (unpaired) electrons. The number of aromatic nitrogens is 2. The van der Waals surface area contributed by atoms with E-state index in [0.717, 1.165) is 6.20 Å². The Balaban J connectivity index is 3.19. The quantitative estimate of drug-likeness (QED) is 0.391. The summed E-state index contributed by atoms with van der Waals surface area (Å²) in [4.78, 5) is 5.78. The fourth-order valence-electron chi connectivity index (χ4n) is 0.531. The van der Waals surface area contributed by atoms with Crippen LogP contribution in [-0.2, 0) is 3.79 Å². The van der Waals surface area contributed by atoms with Gasteiger partial charge in [0.2, 0.25) is 9.74 Å². The minimum absolute atomic E-state index is 0.381. The summed E-state index contributed by atoms with van der Waals surface area (Å²) in [7, 11) is 0. The number of nitrogens with zero attached hydrogens (tertiary/aromatic N) is 2. The van der Waals surface area contributed by atoms with Crippen molar-refractivity contribution in [2.24, 2.45) is 0 Å². The first-order valence-corrected chi connectivity index (χ1v) is 3.80. The van der Waals surface area contributed by atoms with Gasteiger partial charge in [0, 0.05) is 6.20 Å². The molecule has 12 heavy (non-hydrogen) atoms. The highest BCUT2D eigenvalue weighted by molar-refractivity contribution is 6.66. The molecule has 0 atom stereocenters. The third kappa shape index (κ3) is 2.15. The summed E-state index contributed by atoms with van der Waals surface area (Å²) in [5, 5.41) is 0. The van der Waals surface area contributed by atoms with Crippen LogP contribution in [0.2, 0.25) is 0 Å². The smallest absolute Gasteiger partial charge is 0.210 e. The van der Waals surface area contributed by atoms with Crippen LogP contribution in [0.3, 0.4) is 0 Å². The monoisotopic (exact) mass is 232 g/mol. The van der Waals surface area contributed by atoms with Crippen molar-refractivity contribution in [3.8, 4) is 0 Å². The average Bonchev–Trinajstić information content (AvgIpc) is 1.83. The molecule has 1 rings (SSSR count). The largest absolute Gasteiger partial charge is 0.311 e. The summed E-state index contributed by atoms with van der Waals surface area (Å²) in [6, 6.07) is 0. The van der Waals surface area contributed by atoms with Gasteiger partial charge in [0.05, 0.1) is 5.56 Å². The SMILES string of the molecule is Fc1ncc(C(Cl)(Cl)Cl)c(F)n1. The summed E-state index contributed by atoms with van der Waals surface area (Å²) >= 11 is 15.9. The molecule has 0 saturated carbocycles. The molecule has 0 unspecified atom stereocenters. The van der Waals surface area contributed by atoms with E-state index in [9.17, 15) is 8.78 Å². The van der Waals surface area contributed by atoms with Gasteiger partial charge in [0.15, 0.2) is 0 Å². The summed E-state index contributed by atoms with van der Waals surface area (Å²) in [5.41, 5.74) is -0.381. The Morgan fingerprint density at radius 3 is 2.25 bits per heavy atom. The number of halogens is 5. The van der Waals surface area contributed by atoms with Crippen LogP contribution in [-0.4, -0.2) is 9.97 Å². The summed E-state index contributed by atoms with van der Waals surface area (Å²) < 4.78 is 22.9. The van der Waals surface area contributed by atoms with Crippen molar-refractivity contribution >= 4 is 34.8 Å².